The molecule has 0 saturated heterocycles. The summed E-state index contributed by atoms with van der Waals surface area (Å²) in [5.41, 5.74) is 1.08. The van der Waals surface area contributed by atoms with Crippen LogP contribution in [-0.4, -0.2) is 25.3 Å². The molecule has 0 aromatic heterocycles. The van der Waals surface area contributed by atoms with E-state index in [0.29, 0.717) is 11.1 Å². The lowest BCUT2D eigenvalue weighted by molar-refractivity contribution is -0.131. The summed E-state index contributed by atoms with van der Waals surface area (Å²) in [6.07, 6.45) is 2.32. The number of hydrogen-bond acceptors (Lipinski definition) is 3. The molecule has 1 aromatic rings. The standard InChI is InChI=1S/C12H13F2NO4S/c1-8(15-20(18,19)12(13)14)10-5-2-9(3-6-10)4-7-11(16)17/h2-8,12,15H,1H3,(H,16,17). The zero-order valence-corrected chi connectivity index (χ0v) is 11.3. The molecule has 0 amide bonds. The molecular formula is C12H13F2NO4S. The van der Waals surface area contributed by atoms with Crippen LogP contribution >= 0.6 is 0 Å². The maximum absolute atomic E-state index is 12.2. The van der Waals surface area contributed by atoms with Gasteiger partial charge in [0.25, 0.3) is 10.0 Å². The first-order valence-corrected chi connectivity index (χ1v) is 7.07. The molecule has 0 radical (unpaired) electrons. The molecule has 0 bridgehead atoms. The number of sulfonamides is 1. The van der Waals surface area contributed by atoms with Gasteiger partial charge in [-0.05, 0) is 24.1 Å². The average Bonchev–Trinajstić information content (AvgIpc) is 2.36. The Morgan fingerprint density at radius 2 is 1.85 bits per heavy atom. The van der Waals surface area contributed by atoms with Crippen molar-refractivity contribution in [3.8, 4) is 0 Å². The minimum absolute atomic E-state index is 0.488. The van der Waals surface area contributed by atoms with Crippen molar-refractivity contribution in [1.82, 2.24) is 4.72 Å². The number of carboxylic acids is 1. The molecule has 2 N–H and O–H groups in total. The lowest BCUT2D eigenvalue weighted by Crippen LogP contribution is -2.31. The third kappa shape index (κ3) is 4.71. The summed E-state index contributed by atoms with van der Waals surface area (Å²) in [4.78, 5) is 10.3. The highest BCUT2D eigenvalue weighted by atomic mass is 32.2. The van der Waals surface area contributed by atoms with Crippen molar-refractivity contribution >= 4 is 22.1 Å². The zero-order chi connectivity index (χ0) is 15.3. The van der Waals surface area contributed by atoms with E-state index in [-0.39, 0.29) is 0 Å². The van der Waals surface area contributed by atoms with Crippen molar-refractivity contribution in [2.24, 2.45) is 0 Å². The number of carbonyl (C=O) groups is 1. The lowest BCUT2D eigenvalue weighted by Gasteiger charge is -2.14. The molecule has 20 heavy (non-hydrogen) atoms. The fourth-order valence-corrected chi connectivity index (χ4v) is 2.16. The van der Waals surface area contributed by atoms with Crippen molar-refractivity contribution in [3.63, 3.8) is 0 Å². The van der Waals surface area contributed by atoms with Crippen LogP contribution in [0.5, 0.6) is 0 Å². The molecule has 5 nitrogen and oxygen atoms in total. The topological polar surface area (TPSA) is 83.5 Å². The van der Waals surface area contributed by atoms with Gasteiger partial charge in [-0.1, -0.05) is 24.3 Å². The Labute approximate surface area is 115 Å². The first-order valence-electron chi connectivity index (χ1n) is 5.52. The Kier molecular flexibility index (Phi) is 5.34. The molecule has 1 atom stereocenters. The number of halogens is 2. The number of benzene rings is 1. The lowest BCUT2D eigenvalue weighted by atomic mass is 10.1. The Hall–Kier alpha value is -1.80. The van der Waals surface area contributed by atoms with Crippen LogP contribution in [0.25, 0.3) is 6.08 Å². The van der Waals surface area contributed by atoms with Crippen molar-refractivity contribution in [3.05, 3.63) is 41.5 Å². The highest BCUT2D eigenvalue weighted by Crippen LogP contribution is 2.16. The Bertz CT molecular complexity index is 596. The van der Waals surface area contributed by atoms with Gasteiger partial charge in [-0.15, -0.1) is 0 Å². The summed E-state index contributed by atoms with van der Waals surface area (Å²) < 4.78 is 48.3. The third-order valence-electron chi connectivity index (χ3n) is 2.43. The van der Waals surface area contributed by atoms with Gasteiger partial charge in [0.05, 0.1) is 0 Å². The van der Waals surface area contributed by atoms with E-state index in [0.717, 1.165) is 6.08 Å². The maximum atomic E-state index is 12.2. The highest BCUT2D eigenvalue weighted by Gasteiger charge is 2.25. The Morgan fingerprint density at radius 3 is 2.30 bits per heavy atom. The van der Waals surface area contributed by atoms with Crippen molar-refractivity contribution < 1.29 is 27.1 Å². The van der Waals surface area contributed by atoms with Gasteiger partial charge in [0.15, 0.2) is 0 Å². The number of alkyl halides is 2. The molecule has 0 aliphatic heterocycles. The minimum atomic E-state index is -4.65. The van der Waals surface area contributed by atoms with Gasteiger partial charge < -0.3 is 5.11 Å². The Morgan fingerprint density at radius 1 is 1.30 bits per heavy atom. The average molecular weight is 305 g/mol. The van der Waals surface area contributed by atoms with Gasteiger partial charge in [-0.3, -0.25) is 0 Å². The minimum Gasteiger partial charge on any atom is -0.478 e. The van der Waals surface area contributed by atoms with Crippen LogP contribution in [-0.2, 0) is 14.8 Å². The number of aliphatic carboxylic acids is 1. The van der Waals surface area contributed by atoms with Crippen LogP contribution in [0.15, 0.2) is 30.3 Å². The van der Waals surface area contributed by atoms with Crippen LogP contribution in [0, 0.1) is 0 Å². The van der Waals surface area contributed by atoms with E-state index < -0.39 is 27.8 Å². The summed E-state index contributed by atoms with van der Waals surface area (Å²) in [7, 11) is -4.65. The van der Waals surface area contributed by atoms with Crippen LogP contribution in [0.2, 0.25) is 0 Å². The van der Waals surface area contributed by atoms with E-state index in [1.165, 1.54) is 25.1 Å². The molecule has 0 aliphatic rings. The van der Waals surface area contributed by atoms with Gasteiger partial charge in [0.2, 0.25) is 0 Å². The van der Waals surface area contributed by atoms with Crippen molar-refractivity contribution in [1.29, 1.82) is 0 Å². The largest absolute Gasteiger partial charge is 0.478 e. The normalized spacial score (nSPS) is 13.8. The van der Waals surface area contributed by atoms with E-state index in [2.05, 4.69) is 0 Å². The second-order valence-corrected chi connectivity index (χ2v) is 5.67. The third-order valence-corrected chi connectivity index (χ3v) is 3.58. The second-order valence-electron chi connectivity index (χ2n) is 3.98. The summed E-state index contributed by atoms with van der Waals surface area (Å²) in [6.45, 7) is 1.43. The molecule has 0 aliphatic carbocycles. The maximum Gasteiger partial charge on any atom is 0.350 e. The van der Waals surface area contributed by atoms with Crippen molar-refractivity contribution in [2.45, 2.75) is 18.7 Å². The summed E-state index contributed by atoms with van der Waals surface area (Å²) in [6, 6.07) is 5.36. The number of nitrogens with one attached hydrogen (secondary N) is 1. The zero-order valence-electron chi connectivity index (χ0n) is 10.5. The number of rotatable bonds is 6. The summed E-state index contributed by atoms with van der Waals surface area (Å²) >= 11 is 0. The SMILES string of the molecule is CC(NS(=O)(=O)C(F)F)c1ccc(C=CC(=O)O)cc1. The molecule has 0 heterocycles. The van der Waals surface area contributed by atoms with Crippen molar-refractivity contribution in [2.75, 3.05) is 0 Å². The summed E-state index contributed by atoms with van der Waals surface area (Å²) in [5, 5.41) is 8.46. The number of hydrogen-bond donors (Lipinski definition) is 2. The van der Waals surface area contributed by atoms with E-state index in [1.54, 1.807) is 12.1 Å². The molecule has 0 saturated carbocycles. The molecule has 1 rings (SSSR count). The quantitative estimate of drug-likeness (QED) is 0.787. The molecule has 8 heteroatoms. The van der Waals surface area contributed by atoms with Gasteiger partial charge in [0.1, 0.15) is 0 Å². The number of carboxylic acid groups (broad SMARTS) is 1. The Balaban J connectivity index is 2.81. The fourth-order valence-electron chi connectivity index (χ4n) is 1.43. The second kappa shape index (κ2) is 6.58. The van der Waals surface area contributed by atoms with Gasteiger partial charge in [0, 0.05) is 12.1 Å². The molecular weight excluding hydrogens is 292 g/mol. The molecule has 0 fully saturated rings. The first-order chi connectivity index (χ1) is 9.22. The van der Waals surface area contributed by atoms with Crippen LogP contribution in [0.1, 0.15) is 24.1 Å². The van der Waals surface area contributed by atoms with E-state index in [4.69, 9.17) is 5.11 Å². The van der Waals surface area contributed by atoms with Gasteiger partial charge in [-0.2, -0.15) is 8.78 Å². The predicted octanol–water partition coefficient (Wildman–Crippen LogP) is 1.99. The first kappa shape index (κ1) is 16.3. The van der Waals surface area contributed by atoms with Crippen LogP contribution < -0.4 is 4.72 Å². The van der Waals surface area contributed by atoms with Crippen LogP contribution in [0.4, 0.5) is 8.78 Å². The molecule has 110 valence electrons. The fraction of sp³-hybridized carbons (Fsp3) is 0.250. The highest BCUT2D eigenvalue weighted by molar-refractivity contribution is 7.89. The van der Waals surface area contributed by atoms with Gasteiger partial charge in [-0.25, -0.2) is 17.9 Å². The monoisotopic (exact) mass is 305 g/mol. The smallest absolute Gasteiger partial charge is 0.350 e. The molecule has 1 aromatic carbocycles. The van der Waals surface area contributed by atoms with Crippen LogP contribution in [0.3, 0.4) is 0 Å². The van der Waals surface area contributed by atoms with Gasteiger partial charge >= 0.3 is 11.7 Å². The van der Waals surface area contributed by atoms with E-state index >= 15 is 0 Å². The van der Waals surface area contributed by atoms with E-state index in [1.807, 2.05) is 4.72 Å². The predicted molar refractivity (Wildman–Crippen MR) is 69.6 cm³/mol. The molecule has 1 unspecified atom stereocenters. The summed E-state index contributed by atoms with van der Waals surface area (Å²) in [5.74, 6) is -4.57. The van der Waals surface area contributed by atoms with E-state index in [9.17, 15) is 22.0 Å². The molecule has 0 spiro atoms.